The maximum absolute atomic E-state index is 11.7. The Labute approximate surface area is 120 Å². The molecule has 1 aromatic rings. The largest absolute Gasteiger partial charge is 0.326 e. The number of nitrogens with one attached hydrogen (secondary N) is 1. The van der Waals surface area contributed by atoms with Gasteiger partial charge < -0.3 is 5.32 Å². The number of anilines is 1. The van der Waals surface area contributed by atoms with Gasteiger partial charge in [0.15, 0.2) is 0 Å². The quantitative estimate of drug-likeness (QED) is 0.875. The Hall–Kier alpha value is -0.920. The van der Waals surface area contributed by atoms with Gasteiger partial charge >= 0.3 is 0 Å². The highest BCUT2D eigenvalue weighted by atomic mass is 79.9. The van der Waals surface area contributed by atoms with E-state index in [0.29, 0.717) is 22.5 Å². The van der Waals surface area contributed by atoms with Crippen molar-refractivity contribution in [1.29, 1.82) is 0 Å². The molecule has 0 spiro atoms. The molecule has 3 N–H and O–H groups in total. The second-order valence-electron chi connectivity index (χ2n) is 4.74. The highest BCUT2D eigenvalue weighted by molar-refractivity contribution is 9.10. The van der Waals surface area contributed by atoms with E-state index in [9.17, 15) is 13.2 Å². The van der Waals surface area contributed by atoms with Gasteiger partial charge in [0.1, 0.15) is 0 Å². The van der Waals surface area contributed by atoms with Crippen molar-refractivity contribution in [3.8, 4) is 0 Å². The van der Waals surface area contributed by atoms with Crippen LogP contribution in [0.15, 0.2) is 27.6 Å². The maximum atomic E-state index is 11.7. The Morgan fingerprint density at radius 3 is 2.58 bits per heavy atom. The van der Waals surface area contributed by atoms with E-state index in [1.54, 1.807) is 6.07 Å². The number of benzene rings is 1. The fraction of sp³-hybridized carbons (Fsp3) is 0.417. The van der Waals surface area contributed by atoms with E-state index < -0.39 is 10.0 Å². The summed E-state index contributed by atoms with van der Waals surface area (Å²) < 4.78 is 22.8. The topological polar surface area (TPSA) is 89.3 Å². The molecule has 0 aromatic heterocycles. The predicted octanol–water partition coefficient (Wildman–Crippen LogP) is 2.23. The minimum Gasteiger partial charge on any atom is -0.326 e. The van der Waals surface area contributed by atoms with Crippen LogP contribution in [0.25, 0.3) is 0 Å². The Morgan fingerprint density at radius 2 is 2.11 bits per heavy atom. The molecule has 2 rings (SSSR count). The molecule has 1 aliphatic carbocycles. The Bertz CT molecular complexity index is 597. The molecule has 1 saturated carbocycles. The van der Waals surface area contributed by atoms with Crippen LogP contribution in [0.3, 0.4) is 0 Å². The van der Waals surface area contributed by atoms with Gasteiger partial charge in [0.25, 0.3) is 0 Å². The van der Waals surface area contributed by atoms with Crippen molar-refractivity contribution in [2.24, 2.45) is 11.1 Å². The lowest BCUT2D eigenvalue weighted by Gasteiger charge is -2.24. The number of primary sulfonamides is 1. The summed E-state index contributed by atoms with van der Waals surface area (Å²) in [6, 6.07) is 4.44. The average Bonchev–Trinajstić information content (AvgIpc) is 2.21. The van der Waals surface area contributed by atoms with Crippen LogP contribution in [-0.4, -0.2) is 14.3 Å². The van der Waals surface area contributed by atoms with Crippen molar-refractivity contribution in [2.45, 2.75) is 30.6 Å². The van der Waals surface area contributed by atoms with Gasteiger partial charge in [-0.05, 0) is 52.9 Å². The summed E-state index contributed by atoms with van der Waals surface area (Å²) in [5.74, 6) is 0.451. The zero-order valence-electron chi connectivity index (χ0n) is 10.2. The molecule has 19 heavy (non-hydrogen) atoms. The molecule has 0 atom stereocenters. The highest BCUT2D eigenvalue weighted by Gasteiger charge is 2.21. The lowest BCUT2D eigenvalue weighted by atomic mass is 9.83. The summed E-state index contributed by atoms with van der Waals surface area (Å²) >= 11 is 3.14. The maximum Gasteiger partial charge on any atom is 0.239 e. The van der Waals surface area contributed by atoms with E-state index in [4.69, 9.17) is 5.14 Å². The van der Waals surface area contributed by atoms with E-state index in [-0.39, 0.29) is 10.8 Å². The van der Waals surface area contributed by atoms with Gasteiger partial charge in [-0.15, -0.1) is 0 Å². The van der Waals surface area contributed by atoms with Crippen molar-refractivity contribution < 1.29 is 13.2 Å². The SMILES string of the molecule is NS(=O)(=O)c1ccc(NC(=O)CC2CCC2)cc1Br. The van der Waals surface area contributed by atoms with Gasteiger partial charge in [-0.3, -0.25) is 4.79 Å². The summed E-state index contributed by atoms with van der Waals surface area (Å²) in [5, 5.41) is 7.81. The number of hydrogen-bond donors (Lipinski definition) is 2. The lowest BCUT2D eigenvalue weighted by molar-refractivity contribution is -0.117. The van der Waals surface area contributed by atoms with Gasteiger partial charge in [-0.1, -0.05) is 6.42 Å². The van der Waals surface area contributed by atoms with Crippen LogP contribution in [0.2, 0.25) is 0 Å². The van der Waals surface area contributed by atoms with E-state index in [0.717, 1.165) is 12.8 Å². The Morgan fingerprint density at radius 1 is 1.42 bits per heavy atom. The van der Waals surface area contributed by atoms with Gasteiger partial charge in [0.05, 0.1) is 4.90 Å². The highest BCUT2D eigenvalue weighted by Crippen LogP contribution is 2.30. The zero-order chi connectivity index (χ0) is 14.0. The summed E-state index contributed by atoms with van der Waals surface area (Å²) in [5.41, 5.74) is 0.559. The lowest BCUT2D eigenvalue weighted by Crippen LogP contribution is -2.21. The third kappa shape index (κ3) is 3.77. The van der Waals surface area contributed by atoms with Crippen molar-refractivity contribution in [3.05, 3.63) is 22.7 Å². The molecule has 1 aromatic carbocycles. The van der Waals surface area contributed by atoms with Crippen LogP contribution < -0.4 is 10.5 Å². The number of nitrogens with two attached hydrogens (primary N) is 1. The van der Waals surface area contributed by atoms with Crippen LogP contribution in [0.5, 0.6) is 0 Å². The molecule has 0 aliphatic heterocycles. The van der Waals surface area contributed by atoms with Crippen molar-refractivity contribution in [1.82, 2.24) is 0 Å². The van der Waals surface area contributed by atoms with Gasteiger partial charge in [-0.25, -0.2) is 13.6 Å². The Kier molecular flexibility index (Phi) is 4.27. The monoisotopic (exact) mass is 346 g/mol. The molecular formula is C12H15BrN2O3S. The average molecular weight is 347 g/mol. The number of sulfonamides is 1. The number of carbonyl (C=O) groups excluding carboxylic acids is 1. The fourth-order valence-electron chi connectivity index (χ4n) is 1.98. The van der Waals surface area contributed by atoms with E-state index in [1.807, 2.05) is 0 Å². The second-order valence-corrected chi connectivity index (χ2v) is 7.12. The van der Waals surface area contributed by atoms with Crippen LogP contribution in [-0.2, 0) is 14.8 Å². The third-order valence-electron chi connectivity index (χ3n) is 3.22. The zero-order valence-corrected chi connectivity index (χ0v) is 12.6. The van der Waals surface area contributed by atoms with Gasteiger partial charge in [0, 0.05) is 16.6 Å². The van der Waals surface area contributed by atoms with Gasteiger partial charge in [0.2, 0.25) is 15.9 Å². The molecule has 5 nitrogen and oxygen atoms in total. The Balaban J connectivity index is 2.05. The summed E-state index contributed by atoms with van der Waals surface area (Å²) in [7, 11) is -3.75. The van der Waals surface area contributed by atoms with Gasteiger partial charge in [-0.2, -0.15) is 0 Å². The van der Waals surface area contributed by atoms with Crippen molar-refractivity contribution in [2.75, 3.05) is 5.32 Å². The molecule has 0 heterocycles. The van der Waals surface area contributed by atoms with Crippen LogP contribution in [0, 0.1) is 5.92 Å². The predicted molar refractivity (Wildman–Crippen MR) is 76.1 cm³/mol. The normalized spacial score (nSPS) is 15.9. The molecule has 7 heteroatoms. The summed E-state index contributed by atoms with van der Waals surface area (Å²) in [6.07, 6.45) is 3.95. The molecule has 1 fully saturated rings. The van der Waals surface area contributed by atoms with Crippen LogP contribution in [0.1, 0.15) is 25.7 Å². The standard InChI is InChI=1S/C12H15BrN2O3S/c13-10-7-9(4-5-11(10)19(14,17)18)15-12(16)6-8-2-1-3-8/h4-5,7-8H,1-3,6H2,(H,15,16)(H2,14,17,18). The number of carbonyl (C=O) groups is 1. The minimum absolute atomic E-state index is 0.00416. The fourth-order valence-corrected chi connectivity index (χ4v) is 3.62. The van der Waals surface area contributed by atoms with E-state index in [1.165, 1.54) is 18.6 Å². The summed E-state index contributed by atoms with van der Waals surface area (Å²) in [6.45, 7) is 0. The molecular weight excluding hydrogens is 332 g/mol. The third-order valence-corrected chi connectivity index (χ3v) is 5.11. The van der Waals surface area contributed by atoms with Crippen molar-refractivity contribution >= 4 is 37.5 Å². The number of amides is 1. The number of halogens is 1. The molecule has 0 saturated heterocycles. The first-order chi connectivity index (χ1) is 8.86. The van der Waals surface area contributed by atoms with E-state index in [2.05, 4.69) is 21.2 Å². The molecule has 1 amide bonds. The molecule has 0 unspecified atom stereocenters. The first kappa shape index (κ1) is 14.5. The first-order valence-electron chi connectivity index (χ1n) is 5.98. The molecule has 1 aliphatic rings. The van der Waals surface area contributed by atoms with Crippen LogP contribution in [0.4, 0.5) is 5.69 Å². The smallest absolute Gasteiger partial charge is 0.239 e. The van der Waals surface area contributed by atoms with Crippen molar-refractivity contribution in [3.63, 3.8) is 0 Å². The number of hydrogen-bond acceptors (Lipinski definition) is 3. The summed E-state index contributed by atoms with van der Waals surface area (Å²) in [4.78, 5) is 11.7. The number of rotatable bonds is 4. The molecule has 104 valence electrons. The van der Waals surface area contributed by atoms with E-state index >= 15 is 0 Å². The minimum atomic E-state index is -3.75. The second kappa shape index (κ2) is 5.60. The van der Waals surface area contributed by atoms with Crippen LogP contribution >= 0.6 is 15.9 Å². The first-order valence-corrected chi connectivity index (χ1v) is 8.32. The molecule has 0 radical (unpaired) electrons. The molecule has 0 bridgehead atoms.